The van der Waals surface area contributed by atoms with Gasteiger partial charge in [-0.3, -0.25) is 14.6 Å². The van der Waals surface area contributed by atoms with Crippen molar-refractivity contribution in [3.63, 3.8) is 0 Å². The summed E-state index contributed by atoms with van der Waals surface area (Å²) in [7, 11) is 0. The fourth-order valence-electron chi connectivity index (χ4n) is 2.04. The summed E-state index contributed by atoms with van der Waals surface area (Å²) in [6.07, 6.45) is 5.18. The molecule has 2 aromatic rings. The number of aromatic nitrogens is 3. The Morgan fingerprint density at radius 1 is 1.27 bits per heavy atom. The number of unbranched alkanes of at least 4 members (excludes halogenated alkanes) is 1. The molecule has 0 fully saturated rings. The molecule has 1 atom stereocenters. The van der Waals surface area contributed by atoms with Crippen molar-refractivity contribution < 1.29 is 4.79 Å². The van der Waals surface area contributed by atoms with Crippen molar-refractivity contribution in [1.82, 2.24) is 20.1 Å². The third-order valence-electron chi connectivity index (χ3n) is 3.38. The highest BCUT2D eigenvalue weighted by Crippen LogP contribution is 2.10. The zero-order chi connectivity index (χ0) is 15.9. The minimum Gasteiger partial charge on any atom is -0.344 e. The van der Waals surface area contributed by atoms with Crippen LogP contribution in [-0.2, 0) is 6.54 Å². The van der Waals surface area contributed by atoms with Crippen molar-refractivity contribution in [2.24, 2.45) is 0 Å². The molecule has 1 unspecified atom stereocenters. The average Bonchev–Trinajstić information content (AvgIpc) is 2.54. The molecule has 0 bridgehead atoms. The van der Waals surface area contributed by atoms with E-state index in [9.17, 15) is 9.59 Å². The Morgan fingerprint density at radius 3 is 2.68 bits per heavy atom. The van der Waals surface area contributed by atoms with Crippen molar-refractivity contribution in [2.75, 3.05) is 0 Å². The number of aryl methyl sites for hydroxylation is 1. The van der Waals surface area contributed by atoms with Gasteiger partial charge in [-0.25, -0.2) is 4.68 Å². The van der Waals surface area contributed by atoms with Gasteiger partial charge in [0.2, 0.25) is 0 Å². The van der Waals surface area contributed by atoms with Crippen LogP contribution < -0.4 is 10.9 Å². The molecule has 0 radical (unpaired) electrons. The summed E-state index contributed by atoms with van der Waals surface area (Å²) in [5.74, 6) is -0.297. The Labute approximate surface area is 129 Å². The first kappa shape index (κ1) is 15.9. The van der Waals surface area contributed by atoms with E-state index in [1.165, 1.54) is 16.8 Å². The Morgan fingerprint density at radius 2 is 2.00 bits per heavy atom. The number of nitrogens with one attached hydrogen (secondary N) is 1. The summed E-state index contributed by atoms with van der Waals surface area (Å²) in [5.41, 5.74) is 1.02. The number of carbonyl (C=O) groups excluding carboxylic acids is 1. The third-order valence-corrected chi connectivity index (χ3v) is 3.38. The van der Waals surface area contributed by atoms with Crippen molar-refractivity contribution >= 4 is 5.91 Å². The maximum atomic E-state index is 12.3. The van der Waals surface area contributed by atoms with Crippen LogP contribution in [0.3, 0.4) is 0 Å². The lowest BCUT2D eigenvalue weighted by Gasteiger charge is -2.14. The summed E-state index contributed by atoms with van der Waals surface area (Å²) >= 11 is 0. The maximum Gasteiger partial charge on any atom is 0.272 e. The number of hydrogen-bond donors (Lipinski definition) is 1. The second-order valence-corrected chi connectivity index (χ2v) is 5.11. The largest absolute Gasteiger partial charge is 0.344 e. The molecule has 2 heterocycles. The summed E-state index contributed by atoms with van der Waals surface area (Å²) in [4.78, 5) is 27.9. The van der Waals surface area contributed by atoms with Crippen molar-refractivity contribution in [2.45, 2.75) is 39.3 Å². The minimum absolute atomic E-state index is 0.159. The standard InChI is InChI=1S/C16H20N4O2/c1-3-4-11-20-15(21)6-5-14(19-20)16(22)18-12(2)13-7-9-17-10-8-13/h5-10,12H,3-4,11H2,1-2H3,(H,18,22). The van der Waals surface area contributed by atoms with E-state index in [4.69, 9.17) is 0 Å². The molecular formula is C16H20N4O2. The highest BCUT2D eigenvalue weighted by atomic mass is 16.2. The third kappa shape index (κ3) is 4.00. The summed E-state index contributed by atoms with van der Waals surface area (Å²) < 4.78 is 1.34. The van der Waals surface area contributed by atoms with Crippen LogP contribution in [0.25, 0.3) is 0 Å². The molecule has 0 aromatic carbocycles. The molecule has 1 amide bonds. The predicted octanol–water partition coefficient (Wildman–Crippen LogP) is 1.93. The van der Waals surface area contributed by atoms with Gasteiger partial charge in [-0.15, -0.1) is 0 Å². The molecule has 0 aliphatic heterocycles. The molecule has 2 aromatic heterocycles. The zero-order valence-corrected chi connectivity index (χ0v) is 12.8. The maximum absolute atomic E-state index is 12.3. The van der Waals surface area contributed by atoms with Gasteiger partial charge in [0.1, 0.15) is 5.69 Å². The van der Waals surface area contributed by atoms with E-state index < -0.39 is 0 Å². The smallest absolute Gasteiger partial charge is 0.272 e. The van der Waals surface area contributed by atoms with E-state index in [1.807, 2.05) is 26.0 Å². The molecule has 0 aliphatic carbocycles. The molecule has 0 saturated heterocycles. The first-order valence-corrected chi connectivity index (χ1v) is 7.40. The highest BCUT2D eigenvalue weighted by molar-refractivity contribution is 5.92. The molecule has 0 aliphatic rings. The summed E-state index contributed by atoms with van der Waals surface area (Å²) in [6, 6.07) is 6.38. The van der Waals surface area contributed by atoms with Gasteiger partial charge in [0.25, 0.3) is 11.5 Å². The van der Waals surface area contributed by atoms with Gasteiger partial charge >= 0.3 is 0 Å². The van der Waals surface area contributed by atoms with Crippen molar-refractivity contribution in [1.29, 1.82) is 0 Å². The van der Waals surface area contributed by atoms with Crippen LogP contribution in [0.5, 0.6) is 0 Å². The number of rotatable bonds is 6. The van der Waals surface area contributed by atoms with Crippen LogP contribution in [0, 0.1) is 0 Å². The lowest BCUT2D eigenvalue weighted by molar-refractivity contribution is 0.0932. The van der Waals surface area contributed by atoms with Crippen LogP contribution >= 0.6 is 0 Å². The van der Waals surface area contributed by atoms with Crippen LogP contribution in [0.2, 0.25) is 0 Å². The lowest BCUT2D eigenvalue weighted by Crippen LogP contribution is -2.31. The van der Waals surface area contributed by atoms with Gasteiger partial charge in [0.15, 0.2) is 0 Å². The van der Waals surface area contributed by atoms with Crippen molar-refractivity contribution in [3.8, 4) is 0 Å². The topological polar surface area (TPSA) is 76.9 Å². The monoisotopic (exact) mass is 300 g/mol. The van der Waals surface area contributed by atoms with Crippen LogP contribution in [-0.4, -0.2) is 20.7 Å². The Kier molecular flexibility index (Phi) is 5.41. The van der Waals surface area contributed by atoms with Gasteiger partial charge in [-0.05, 0) is 37.1 Å². The van der Waals surface area contributed by atoms with E-state index in [0.717, 1.165) is 18.4 Å². The summed E-state index contributed by atoms with van der Waals surface area (Å²) in [6.45, 7) is 4.45. The molecule has 2 rings (SSSR count). The molecule has 0 spiro atoms. The Balaban J connectivity index is 2.11. The van der Waals surface area contributed by atoms with Crippen LogP contribution in [0.15, 0.2) is 41.5 Å². The van der Waals surface area contributed by atoms with E-state index in [0.29, 0.717) is 6.54 Å². The van der Waals surface area contributed by atoms with E-state index >= 15 is 0 Å². The number of nitrogens with zero attached hydrogens (tertiary/aromatic N) is 3. The van der Waals surface area contributed by atoms with E-state index in [-0.39, 0.29) is 23.2 Å². The fourth-order valence-corrected chi connectivity index (χ4v) is 2.04. The van der Waals surface area contributed by atoms with Crippen LogP contribution in [0.1, 0.15) is 48.8 Å². The van der Waals surface area contributed by atoms with Gasteiger partial charge in [-0.1, -0.05) is 13.3 Å². The molecule has 6 heteroatoms. The molecule has 6 nitrogen and oxygen atoms in total. The number of carbonyl (C=O) groups is 1. The molecule has 1 N–H and O–H groups in total. The molecule has 116 valence electrons. The van der Waals surface area contributed by atoms with Crippen molar-refractivity contribution in [3.05, 3.63) is 58.3 Å². The molecule has 0 saturated carbocycles. The van der Waals surface area contributed by atoms with Gasteiger partial charge < -0.3 is 5.32 Å². The number of amides is 1. The molecule has 22 heavy (non-hydrogen) atoms. The SMILES string of the molecule is CCCCn1nc(C(=O)NC(C)c2ccncc2)ccc1=O. The second kappa shape index (κ2) is 7.49. The number of hydrogen-bond acceptors (Lipinski definition) is 4. The highest BCUT2D eigenvalue weighted by Gasteiger charge is 2.13. The second-order valence-electron chi connectivity index (χ2n) is 5.11. The minimum atomic E-state index is -0.297. The quantitative estimate of drug-likeness (QED) is 0.884. The zero-order valence-electron chi connectivity index (χ0n) is 12.8. The Hall–Kier alpha value is -2.50. The van der Waals surface area contributed by atoms with Gasteiger partial charge in [0, 0.05) is 25.0 Å². The fraction of sp³-hybridized carbons (Fsp3) is 0.375. The Bertz CT molecular complexity index is 682. The first-order valence-electron chi connectivity index (χ1n) is 7.40. The first-order chi connectivity index (χ1) is 10.6. The number of pyridine rings is 1. The van der Waals surface area contributed by atoms with Crippen LogP contribution in [0.4, 0.5) is 0 Å². The van der Waals surface area contributed by atoms with Gasteiger partial charge in [0.05, 0.1) is 6.04 Å². The normalized spacial score (nSPS) is 11.9. The average molecular weight is 300 g/mol. The van der Waals surface area contributed by atoms with E-state index in [2.05, 4.69) is 15.4 Å². The van der Waals surface area contributed by atoms with Gasteiger partial charge in [-0.2, -0.15) is 5.10 Å². The predicted molar refractivity (Wildman–Crippen MR) is 83.5 cm³/mol. The molecular weight excluding hydrogens is 280 g/mol. The lowest BCUT2D eigenvalue weighted by atomic mass is 10.1. The van der Waals surface area contributed by atoms with E-state index in [1.54, 1.807) is 12.4 Å². The summed E-state index contributed by atoms with van der Waals surface area (Å²) in [5, 5.41) is 7.01.